The van der Waals surface area contributed by atoms with E-state index in [1.54, 1.807) is 0 Å². The molecule has 5 heteroatoms. The molecule has 1 aromatic carbocycles. The number of ether oxygens (including phenoxy) is 1. The Hall–Kier alpha value is -1.75. The number of rotatable bonds is 5. The lowest BCUT2D eigenvalue weighted by Crippen LogP contribution is -2.33. The van der Waals surface area contributed by atoms with Crippen molar-refractivity contribution in [1.82, 2.24) is 15.2 Å². The van der Waals surface area contributed by atoms with E-state index < -0.39 is 0 Å². The van der Waals surface area contributed by atoms with Crippen molar-refractivity contribution in [3.8, 4) is 0 Å². The molecule has 1 aromatic heterocycles. The van der Waals surface area contributed by atoms with E-state index in [4.69, 9.17) is 4.74 Å². The Kier molecular flexibility index (Phi) is 3.72. The summed E-state index contributed by atoms with van der Waals surface area (Å²) in [6.45, 7) is 7.36. The number of anilines is 1. The van der Waals surface area contributed by atoms with Gasteiger partial charge in [0, 0.05) is 13.2 Å². The second-order valence-electron chi connectivity index (χ2n) is 4.67. The van der Waals surface area contributed by atoms with Gasteiger partial charge in [-0.1, -0.05) is 12.1 Å². The van der Waals surface area contributed by atoms with E-state index in [0.29, 0.717) is 19.1 Å². The van der Waals surface area contributed by atoms with Gasteiger partial charge in [-0.2, -0.15) is 0 Å². The molecule has 0 spiro atoms. The lowest BCUT2D eigenvalue weighted by atomic mass is 10.1. The van der Waals surface area contributed by atoms with Crippen molar-refractivity contribution in [2.45, 2.75) is 26.4 Å². The molecule has 96 valence electrons. The number of benzene rings is 1. The highest BCUT2D eigenvalue weighted by atomic mass is 16.5. The van der Waals surface area contributed by atoms with Crippen LogP contribution in [0.3, 0.4) is 0 Å². The molecule has 0 saturated heterocycles. The second kappa shape index (κ2) is 5.27. The fourth-order valence-electron chi connectivity index (χ4n) is 1.69. The number of nitrogens with zero attached hydrogens (tertiary/aromatic N) is 3. The second-order valence-corrected chi connectivity index (χ2v) is 4.67. The first-order chi connectivity index (χ1) is 8.61. The zero-order valence-corrected chi connectivity index (χ0v) is 11.0. The Bertz CT molecular complexity index is 527. The zero-order valence-electron chi connectivity index (χ0n) is 11.0. The van der Waals surface area contributed by atoms with Crippen LogP contribution in [0.4, 0.5) is 5.95 Å². The smallest absolute Gasteiger partial charge is 0.243 e. The summed E-state index contributed by atoms with van der Waals surface area (Å²) in [6, 6.07) is 7.67. The molecule has 0 unspecified atom stereocenters. The molecule has 0 atom stereocenters. The summed E-state index contributed by atoms with van der Waals surface area (Å²) in [7, 11) is 0. The van der Waals surface area contributed by atoms with Gasteiger partial charge in [0.05, 0.1) is 11.1 Å². The normalized spacial score (nSPS) is 11.7. The molecule has 0 saturated carbocycles. The molecule has 18 heavy (non-hydrogen) atoms. The summed E-state index contributed by atoms with van der Waals surface area (Å²) in [5.74, 6) is 0.529. The van der Waals surface area contributed by atoms with Crippen LogP contribution in [0.5, 0.6) is 0 Å². The van der Waals surface area contributed by atoms with Crippen LogP contribution in [0.15, 0.2) is 24.3 Å². The van der Waals surface area contributed by atoms with Crippen LogP contribution < -0.4 is 5.32 Å². The summed E-state index contributed by atoms with van der Waals surface area (Å²) in [6.07, 6.45) is 0. The maximum absolute atomic E-state index is 5.60. The lowest BCUT2D eigenvalue weighted by molar-refractivity contribution is 0.000576. The van der Waals surface area contributed by atoms with E-state index in [1.807, 2.05) is 45.0 Å². The minimum absolute atomic E-state index is 0.246. The molecule has 1 N–H and O–H groups in total. The first kappa shape index (κ1) is 12.7. The first-order valence-corrected chi connectivity index (χ1v) is 6.08. The molecule has 0 fully saturated rings. The van der Waals surface area contributed by atoms with Crippen LogP contribution in [0.25, 0.3) is 11.0 Å². The Balaban J connectivity index is 2.08. The number of para-hydroxylation sites is 1. The van der Waals surface area contributed by atoms with Gasteiger partial charge in [0.1, 0.15) is 5.52 Å². The molecule has 1 heterocycles. The van der Waals surface area contributed by atoms with Gasteiger partial charge in [0.25, 0.3) is 0 Å². The number of nitrogens with one attached hydrogen (secondary N) is 1. The third-order valence-corrected chi connectivity index (χ3v) is 2.57. The molecule has 0 amide bonds. The van der Waals surface area contributed by atoms with Crippen molar-refractivity contribution in [2.75, 3.05) is 18.5 Å². The topological polar surface area (TPSA) is 59.9 Å². The third kappa shape index (κ3) is 3.13. The SMILES string of the molecule is CCOC(C)(C)CNc1nnc2ccccc2n1. The molecular weight excluding hydrogens is 228 g/mol. The van der Waals surface area contributed by atoms with Crippen molar-refractivity contribution >= 4 is 17.0 Å². The molecule has 0 aliphatic rings. The predicted octanol–water partition coefficient (Wildman–Crippen LogP) is 2.25. The van der Waals surface area contributed by atoms with Crippen LogP contribution in [-0.2, 0) is 4.74 Å². The van der Waals surface area contributed by atoms with Gasteiger partial charge in [-0.3, -0.25) is 0 Å². The summed E-state index contributed by atoms with van der Waals surface area (Å²) in [4.78, 5) is 4.40. The molecule has 0 aliphatic heterocycles. The zero-order chi connectivity index (χ0) is 13.0. The van der Waals surface area contributed by atoms with Gasteiger partial charge >= 0.3 is 0 Å². The van der Waals surface area contributed by atoms with Gasteiger partial charge in [-0.15, -0.1) is 10.2 Å². The minimum atomic E-state index is -0.246. The Morgan fingerprint density at radius 1 is 1.17 bits per heavy atom. The average Bonchev–Trinajstić information content (AvgIpc) is 2.36. The molecule has 5 nitrogen and oxygen atoms in total. The van der Waals surface area contributed by atoms with Crippen molar-refractivity contribution in [2.24, 2.45) is 0 Å². The fourth-order valence-corrected chi connectivity index (χ4v) is 1.69. The maximum atomic E-state index is 5.60. The van der Waals surface area contributed by atoms with E-state index in [2.05, 4.69) is 20.5 Å². The van der Waals surface area contributed by atoms with Gasteiger partial charge in [0.15, 0.2) is 0 Å². The monoisotopic (exact) mass is 246 g/mol. The van der Waals surface area contributed by atoms with E-state index >= 15 is 0 Å². The Labute approximate surface area is 107 Å². The highest BCUT2D eigenvalue weighted by Gasteiger charge is 2.17. The van der Waals surface area contributed by atoms with Crippen molar-refractivity contribution < 1.29 is 4.74 Å². The third-order valence-electron chi connectivity index (χ3n) is 2.57. The average molecular weight is 246 g/mol. The standard InChI is InChI=1S/C13H18N4O/c1-4-18-13(2,3)9-14-12-15-10-7-5-6-8-11(10)16-17-12/h5-8H,4,9H2,1-3H3,(H,14,15,17). The summed E-state index contributed by atoms with van der Waals surface area (Å²) >= 11 is 0. The van der Waals surface area contributed by atoms with Crippen LogP contribution in [-0.4, -0.2) is 33.9 Å². The first-order valence-electron chi connectivity index (χ1n) is 6.08. The Morgan fingerprint density at radius 2 is 1.89 bits per heavy atom. The van der Waals surface area contributed by atoms with E-state index in [0.717, 1.165) is 11.0 Å². The molecule has 0 aliphatic carbocycles. The molecule has 0 radical (unpaired) electrons. The van der Waals surface area contributed by atoms with Crippen molar-refractivity contribution in [3.05, 3.63) is 24.3 Å². The van der Waals surface area contributed by atoms with Gasteiger partial charge in [-0.25, -0.2) is 4.98 Å². The van der Waals surface area contributed by atoms with Crippen LogP contribution in [0.1, 0.15) is 20.8 Å². The highest BCUT2D eigenvalue weighted by molar-refractivity contribution is 5.73. The highest BCUT2D eigenvalue weighted by Crippen LogP contribution is 2.12. The molecule has 0 bridgehead atoms. The van der Waals surface area contributed by atoms with E-state index in [1.165, 1.54) is 0 Å². The van der Waals surface area contributed by atoms with Crippen molar-refractivity contribution in [3.63, 3.8) is 0 Å². The Morgan fingerprint density at radius 3 is 2.61 bits per heavy atom. The summed E-state index contributed by atoms with van der Waals surface area (Å²) in [5.41, 5.74) is 1.39. The number of aromatic nitrogens is 3. The minimum Gasteiger partial charge on any atom is -0.374 e. The number of hydrogen-bond acceptors (Lipinski definition) is 5. The summed E-state index contributed by atoms with van der Waals surface area (Å²) < 4.78 is 5.60. The number of hydrogen-bond donors (Lipinski definition) is 1. The van der Waals surface area contributed by atoms with E-state index in [-0.39, 0.29) is 5.60 Å². The quantitative estimate of drug-likeness (QED) is 0.876. The lowest BCUT2D eigenvalue weighted by Gasteiger charge is -2.24. The maximum Gasteiger partial charge on any atom is 0.243 e. The molecule has 2 aromatic rings. The number of fused-ring (bicyclic) bond motifs is 1. The summed E-state index contributed by atoms with van der Waals surface area (Å²) in [5, 5.41) is 11.3. The van der Waals surface area contributed by atoms with Gasteiger partial charge in [0.2, 0.25) is 5.95 Å². The van der Waals surface area contributed by atoms with Crippen molar-refractivity contribution in [1.29, 1.82) is 0 Å². The van der Waals surface area contributed by atoms with Gasteiger partial charge < -0.3 is 10.1 Å². The van der Waals surface area contributed by atoms with E-state index in [9.17, 15) is 0 Å². The van der Waals surface area contributed by atoms with Crippen LogP contribution in [0, 0.1) is 0 Å². The predicted molar refractivity (Wildman–Crippen MR) is 71.5 cm³/mol. The molecular formula is C13H18N4O. The van der Waals surface area contributed by atoms with Gasteiger partial charge in [-0.05, 0) is 32.9 Å². The molecule has 2 rings (SSSR count). The van der Waals surface area contributed by atoms with Crippen LogP contribution >= 0.6 is 0 Å². The largest absolute Gasteiger partial charge is 0.374 e. The van der Waals surface area contributed by atoms with Crippen LogP contribution in [0.2, 0.25) is 0 Å². The fraction of sp³-hybridized carbons (Fsp3) is 0.462.